The predicted octanol–water partition coefficient (Wildman–Crippen LogP) is 2.71. The molecule has 1 atom stereocenters. The van der Waals surface area contributed by atoms with Gasteiger partial charge >= 0.3 is 0 Å². The average Bonchev–Trinajstić information content (AvgIpc) is 3.28. The summed E-state index contributed by atoms with van der Waals surface area (Å²) in [5, 5.41) is 0. The van der Waals surface area contributed by atoms with Crippen LogP contribution >= 0.6 is 0 Å². The van der Waals surface area contributed by atoms with E-state index in [2.05, 4.69) is 0 Å². The minimum absolute atomic E-state index is 0.0955. The minimum Gasteiger partial charge on any atom is -0.493 e. The van der Waals surface area contributed by atoms with Crippen molar-refractivity contribution in [3.63, 3.8) is 0 Å². The number of hydrogen-bond donors (Lipinski definition) is 0. The molecule has 4 nitrogen and oxygen atoms in total. The molecule has 2 rings (SSSR count). The van der Waals surface area contributed by atoms with Crippen molar-refractivity contribution in [3.05, 3.63) is 18.2 Å². The second-order valence-electron chi connectivity index (χ2n) is 5.06. The van der Waals surface area contributed by atoms with Crippen LogP contribution in [-0.2, 0) is 4.79 Å². The highest BCUT2D eigenvalue weighted by Crippen LogP contribution is 2.38. The number of hydrogen-bond acceptors (Lipinski definition) is 3. The van der Waals surface area contributed by atoms with E-state index >= 15 is 0 Å². The van der Waals surface area contributed by atoms with E-state index in [9.17, 15) is 4.79 Å². The van der Waals surface area contributed by atoms with Crippen LogP contribution in [0.25, 0.3) is 0 Å². The summed E-state index contributed by atoms with van der Waals surface area (Å²) in [6, 6.07) is 5.52. The van der Waals surface area contributed by atoms with Crippen LogP contribution in [0, 0.1) is 11.8 Å². The predicted molar refractivity (Wildman–Crippen MR) is 74.8 cm³/mol. The van der Waals surface area contributed by atoms with E-state index in [0.29, 0.717) is 17.4 Å². The fourth-order valence-electron chi connectivity index (χ4n) is 2.26. The monoisotopic (exact) mass is 263 g/mol. The number of anilines is 1. The lowest BCUT2D eigenvalue weighted by Crippen LogP contribution is -2.32. The number of nitrogens with zero attached hydrogens (tertiary/aromatic N) is 1. The molecular weight excluding hydrogens is 242 g/mol. The van der Waals surface area contributed by atoms with Crippen LogP contribution in [0.1, 0.15) is 19.8 Å². The van der Waals surface area contributed by atoms with Gasteiger partial charge in [-0.1, -0.05) is 6.92 Å². The molecular formula is C15H21NO3. The Morgan fingerprint density at radius 1 is 1.26 bits per heavy atom. The van der Waals surface area contributed by atoms with Gasteiger partial charge < -0.3 is 14.4 Å². The third-order valence-electron chi connectivity index (χ3n) is 3.80. The van der Waals surface area contributed by atoms with Gasteiger partial charge in [0.2, 0.25) is 5.91 Å². The maximum atomic E-state index is 12.3. The van der Waals surface area contributed by atoms with Gasteiger partial charge in [-0.25, -0.2) is 0 Å². The lowest BCUT2D eigenvalue weighted by atomic mass is 10.0. The van der Waals surface area contributed by atoms with Crippen LogP contribution in [0.2, 0.25) is 0 Å². The Morgan fingerprint density at radius 2 is 1.89 bits per heavy atom. The summed E-state index contributed by atoms with van der Waals surface area (Å²) in [4.78, 5) is 14.0. The van der Waals surface area contributed by atoms with Crippen molar-refractivity contribution in [3.8, 4) is 11.5 Å². The number of amides is 1. The largest absolute Gasteiger partial charge is 0.493 e. The molecule has 0 radical (unpaired) electrons. The van der Waals surface area contributed by atoms with E-state index in [1.165, 1.54) is 12.8 Å². The summed E-state index contributed by atoms with van der Waals surface area (Å²) >= 11 is 0. The van der Waals surface area contributed by atoms with E-state index in [1.54, 1.807) is 19.1 Å². The van der Waals surface area contributed by atoms with Gasteiger partial charge in [0, 0.05) is 24.7 Å². The molecule has 0 aliphatic heterocycles. The van der Waals surface area contributed by atoms with E-state index in [1.807, 2.05) is 32.2 Å². The van der Waals surface area contributed by atoms with Crippen molar-refractivity contribution in [1.29, 1.82) is 0 Å². The molecule has 1 saturated carbocycles. The first kappa shape index (κ1) is 13.7. The van der Waals surface area contributed by atoms with Gasteiger partial charge in [-0.15, -0.1) is 0 Å². The van der Waals surface area contributed by atoms with Gasteiger partial charge in [-0.05, 0) is 30.9 Å². The molecule has 1 fully saturated rings. The Morgan fingerprint density at radius 3 is 2.42 bits per heavy atom. The van der Waals surface area contributed by atoms with Crippen LogP contribution in [0.3, 0.4) is 0 Å². The third-order valence-corrected chi connectivity index (χ3v) is 3.80. The van der Waals surface area contributed by atoms with Crippen molar-refractivity contribution in [2.24, 2.45) is 11.8 Å². The van der Waals surface area contributed by atoms with Gasteiger partial charge in [-0.2, -0.15) is 0 Å². The highest BCUT2D eigenvalue weighted by Gasteiger charge is 2.34. The van der Waals surface area contributed by atoms with Gasteiger partial charge in [0.25, 0.3) is 0 Å². The van der Waals surface area contributed by atoms with Gasteiger partial charge in [-0.3, -0.25) is 4.79 Å². The minimum atomic E-state index is 0.0955. The van der Waals surface area contributed by atoms with Crippen LogP contribution in [-0.4, -0.2) is 27.2 Å². The maximum Gasteiger partial charge on any atom is 0.229 e. The molecule has 104 valence electrons. The molecule has 1 aromatic carbocycles. The third kappa shape index (κ3) is 2.83. The number of rotatable bonds is 5. The normalized spacial score (nSPS) is 15.8. The molecule has 0 heterocycles. The van der Waals surface area contributed by atoms with E-state index in [-0.39, 0.29) is 11.8 Å². The maximum absolute atomic E-state index is 12.3. The van der Waals surface area contributed by atoms with Crippen molar-refractivity contribution < 1.29 is 14.3 Å². The van der Waals surface area contributed by atoms with E-state index in [4.69, 9.17) is 9.47 Å². The fraction of sp³-hybridized carbons (Fsp3) is 0.533. The van der Waals surface area contributed by atoms with Gasteiger partial charge in [0.05, 0.1) is 14.2 Å². The number of ether oxygens (including phenoxy) is 2. The molecule has 0 saturated heterocycles. The van der Waals surface area contributed by atoms with Crippen molar-refractivity contribution in [1.82, 2.24) is 0 Å². The molecule has 4 heteroatoms. The van der Waals surface area contributed by atoms with E-state index in [0.717, 1.165) is 5.69 Å². The number of carbonyl (C=O) groups is 1. The van der Waals surface area contributed by atoms with Crippen LogP contribution < -0.4 is 14.4 Å². The Balaban J connectivity index is 2.18. The second kappa shape index (κ2) is 5.51. The molecule has 0 bridgehead atoms. The molecule has 1 amide bonds. The highest BCUT2D eigenvalue weighted by molar-refractivity contribution is 5.95. The molecule has 1 aromatic rings. The van der Waals surface area contributed by atoms with Gasteiger partial charge in [0.15, 0.2) is 11.5 Å². The molecule has 19 heavy (non-hydrogen) atoms. The van der Waals surface area contributed by atoms with Gasteiger partial charge in [0.1, 0.15) is 0 Å². The summed E-state index contributed by atoms with van der Waals surface area (Å²) in [7, 11) is 5.00. The Kier molecular flexibility index (Phi) is 3.98. The zero-order valence-electron chi connectivity index (χ0n) is 12.0. The lowest BCUT2D eigenvalue weighted by molar-refractivity contribution is -0.122. The summed E-state index contributed by atoms with van der Waals surface area (Å²) in [6.45, 7) is 2.01. The quantitative estimate of drug-likeness (QED) is 0.820. The molecule has 0 spiro atoms. The first-order valence-electron chi connectivity index (χ1n) is 6.58. The summed E-state index contributed by atoms with van der Waals surface area (Å²) < 4.78 is 10.5. The average molecular weight is 263 g/mol. The summed E-state index contributed by atoms with van der Waals surface area (Å²) in [5.74, 6) is 2.13. The summed E-state index contributed by atoms with van der Waals surface area (Å²) in [6.07, 6.45) is 2.35. The smallest absolute Gasteiger partial charge is 0.229 e. The van der Waals surface area contributed by atoms with Crippen molar-refractivity contribution in [2.45, 2.75) is 19.8 Å². The first-order valence-corrected chi connectivity index (χ1v) is 6.58. The Bertz CT molecular complexity index is 468. The summed E-state index contributed by atoms with van der Waals surface area (Å²) in [5.41, 5.74) is 0.829. The SMILES string of the molecule is COc1ccc(N(C)C(=O)C(C)C2CC2)cc1OC. The zero-order chi connectivity index (χ0) is 14.0. The zero-order valence-corrected chi connectivity index (χ0v) is 12.0. The molecule has 1 aliphatic carbocycles. The Labute approximate surface area is 114 Å². The van der Waals surface area contributed by atoms with Crippen LogP contribution in [0.5, 0.6) is 11.5 Å². The number of benzene rings is 1. The lowest BCUT2D eigenvalue weighted by Gasteiger charge is -2.22. The molecule has 1 aliphatic rings. The van der Waals surface area contributed by atoms with Crippen LogP contribution in [0.4, 0.5) is 5.69 Å². The van der Waals surface area contributed by atoms with E-state index < -0.39 is 0 Å². The molecule has 0 aromatic heterocycles. The fourth-order valence-corrected chi connectivity index (χ4v) is 2.26. The number of carbonyl (C=O) groups excluding carboxylic acids is 1. The molecule has 0 N–H and O–H groups in total. The van der Waals surface area contributed by atoms with Crippen molar-refractivity contribution >= 4 is 11.6 Å². The van der Waals surface area contributed by atoms with Crippen molar-refractivity contribution in [2.75, 3.05) is 26.2 Å². The first-order chi connectivity index (χ1) is 9.08. The second-order valence-corrected chi connectivity index (χ2v) is 5.06. The Hall–Kier alpha value is -1.71. The number of methoxy groups -OCH3 is 2. The topological polar surface area (TPSA) is 38.8 Å². The standard InChI is InChI=1S/C15H21NO3/c1-10(11-5-6-11)15(17)16(2)12-7-8-13(18-3)14(9-12)19-4/h7-11H,5-6H2,1-4H3. The highest BCUT2D eigenvalue weighted by atomic mass is 16.5. The van der Waals surface area contributed by atoms with Crippen LogP contribution in [0.15, 0.2) is 18.2 Å². The molecule has 1 unspecified atom stereocenters.